The van der Waals surface area contributed by atoms with Crippen molar-refractivity contribution in [2.75, 3.05) is 5.32 Å². The van der Waals surface area contributed by atoms with Crippen LogP contribution in [0.15, 0.2) is 48.8 Å². The summed E-state index contributed by atoms with van der Waals surface area (Å²) in [5.41, 5.74) is 4.64. The monoisotopic (exact) mass is 338 g/mol. The summed E-state index contributed by atoms with van der Waals surface area (Å²) in [4.78, 5) is 26.3. The smallest absolute Gasteiger partial charge is 0.303 e. The first-order valence-electron chi connectivity index (χ1n) is 8.18. The first-order chi connectivity index (χ1) is 12.0. The number of carbonyl (C=O) groups is 2. The molecule has 0 aliphatic carbocycles. The standard InChI is InChI=1S/C20H22N2O3/c1-14-9-10-16(12-19(14)22-15(2)23)18(7-3-4-8-20(24)25)17-6-5-11-21-13-17/h5-7,9-13H,3-4,8H2,1-2H3,(H,22,23)(H,24,25)/b18-7-. The van der Waals surface area contributed by atoms with Crippen LogP contribution in [0, 0.1) is 6.92 Å². The van der Waals surface area contributed by atoms with Crippen LogP contribution < -0.4 is 5.32 Å². The number of hydrogen-bond acceptors (Lipinski definition) is 3. The summed E-state index contributed by atoms with van der Waals surface area (Å²) in [6.45, 7) is 3.42. The van der Waals surface area contributed by atoms with Crippen molar-refractivity contribution in [2.45, 2.75) is 33.1 Å². The summed E-state index contributed by atoms with van der Waals surface area (Å²) in [5.74, 6) is -0.909. The molecule has 0 saturated carbocycles. The molecule has 5 heteroatoms. The van der Waals surface area contributed by atoms with Crippen LogP contribution in [0.2, 0.25) is 0 Å². The predicted octanol–water partition coefficient (Wildman–Crippen LogP) is 4.04. The number of nitrogens with zero attached hydrogens (tertiary/aromatic N) is 1. The SMILES string of the molecule is CC(=O)Nc1cc(/C(=C/CCCC(=O)O)c2cccnc2)ccc1C. The Morgan fingerprint density at radius 1 is 1.24 bits per heavy atom. The van der Waals surface area contributed by atoms with E-state index in [2.05, 4.69) is 10.3 Å². The highest BCUT2D eigenvalue weighted by Gasteiger charge is 2.09. The van der Waals surface area contributed by atoms with Crippen LogP contribution in [0.4, 0.5) is 5.69 Å². The fraction of sp³-hybridized carbons (Fsp3) is 0.250. The van der Waals surface area contributed by atoms with Crippen LogP contribution >= 0.6 is 0 Å². The van der Waals surface area contributed by atoms with Gasteiger partial charge in [0.1, 0.15) is 0 Å². The molecule has 2 rings (SSSR count). The lowest BCUT2D eigenvalue weighted by atomic mass is 9.96. The summed E-state index contributed by atoms with van der Waals surface area (Å²) >= 11 is 0. The van der Waals surface area contributed by atoms with Crippen LogP contribution in [0.25, 0.3) is 5.57 Å². The molecule has 0 bridgehead atoms. The number of aliphatic carboxylic acids is 1. The molecule has 25 heavy (non-hydrogen) atoms. The number of carbonyl (C=O) groups excluding carboxylic acids is 1. The number of hydrogen-bond donors (Lipinski definition) is 2. The topological polar surface area (TPSA) is 79.3 Å². The fourth-order valence-corrected chi connectivity index (χ4v) is 2.54. The minimum absolute atomic E-state index is 0.117. The molecule has 0 saturated heterocycles. The molecule has 0 unspecified atom stereocenters. The number of carboxylic acid groups (broad SMARTS) is 1. The van der Waals surface area contributed by atoms with Crippen molar-refractivity contribution in [3.63, 3.8) is 0 Å². The fourth-order valence-electron chi connectivity index (χ4n) is 2.54. The second-order valence-corrected chi connectivity index (χ2v) is 5.86. The van der Waals surface area contributed by atoms with Gasteiger partial charge in [-0.1, -0.05) is 24.3 Å². The number of allylic oxidation sites excluding steroid dienone is 1. The number of amides is 1. The van der Waals surface area contributed by atoms with Crippen molar-refractivity contribution in [2.24, 2.45) is 0 Å². The summed E-state index contributed by atoms with van der Waals surface area (Å²) < 4.78 is 0. The van der Waals surface area contributed by atoms with Crippen molar-refractivity contribution >= 4 is 23.1 Å². The third-order valence-electron chi connectivity index (χ3n) is 3.78. The van der Waals surface area contributed by atoms with E-state index in [0.717, 1.165) is 28.0 Å². The predicted molar refractivity (Wildman–Crippen MR) is 98.3 cm³/mol. The molecule has 0 fully saturated rings. The highest BCUT2D eigenvalue weighted by molar-refractivity contribution is 5.91. The minimum Gasteiger partial charge on any atom is -0.481 e. The van der Waals surface area contributed by atoms with Gasteiger partial charge >= 0.3 is 5.97 Å². The molecular formula is C20H22N2O3. The van der Waals surface area contributed by atoms with E-state index in [9.17, 15) is 9.59 Å². The highest BCUT2D eigenvalue weighted by Crippen LogP contribution is 2.28. The number of anilines is 1. The van der Waals surface area contributed by atoms with Crippen molar-refractivity contribution in [3.8, 4) is 0 Å². The molecule has 0 aliphatic rings. The van der Waals surface area contributed by atoms with E-state index >= 15 is 0 Å². The van der Waals surface area contributed by atoms with Crippen molar-refractivity contribution in [3.05, 3.63) is 65.5 Å². The Bertz CT molecular complexity index is 783. The summed E-state index contributed by atoms with van der Waals surface area (Å²) in [6.07, 6.45) is 6.89. The number of unbranched alkanes of at least 4 members (excludes halogenated alkanes) is 1. The number of nitrogens with one attached hydrogen (secondary N) is 1. The molecule has 2 aromatic rings. The van der Waals surface area contributed by atoms with E-state index in [4.69, 9.17) is 5.11 Å². The van der Waals surface area contributed by atoms with Crippen LogP contribution in [-0.2, 0) is 9.59 Å². The summed E-state index contributed by atoms with van der Waals surface area (Å²) in [7, 11) is 0. The molecule has 1 heterocycles. The Balaban J connectivity index is 2.36. The molecule has 0 aliphatic heterocycles. The van der Waals surface area contributed by atoms with E-state index in [1.807, 2.05) is 43.3 Å². The number of pyridine rings is 1. The molecule has 130 valence electrons. The van der Waals surface area contributed by atoms with Crippen molar-refractivity contribution in [1.82, 2.24) is 4.98 Å². The van der Waals surface area contributed by atoms with E-state index in [1.54, 1.807) is 12.4 Å². The number of rotatable bonds is 7. The largest absolute Gasteiger partial charge is 0.481 e. The molecular weight excluding hydrogens is 316 g/mol. The summed E-state index contributed by atoms with van der Waals surface area (Å²) in [5, 5.41) is 11.6. The third-order valence-corrected chi connectivity index (χ3v) is 3.78. The Morgan fingerprint density at radius 3 is 2.68 bits per heavy atom. The summed E-state index contributed by atoms with van der Waals surface area (Å²) in [6, 6.07) is 9.73. The number of carboxylic acids is 1. The van der Waals surface area contributed by atoms with Gasteiger partial charge < -0.3 is 10.4 Å². The van der Waals surface area contributed by atoms with Gasteiger partial charge in [0.15, 0.2) is 0 Å². The quantitative estimate of drug-likeness (QED) is 0.747. The Morgan fingerprint density at radius 2 is 2.04 bits per heavy atom. The minimum atomic E-state index is -0.792. The van der Waals surface area contributed by atoms with E-state index in [0.29, 0.717) is 12.8 Å². The second kappa shape index (κ2) is 8.78. The van der Waals surface area contributed by atoms with Crippen LogP contribution in [-0.4, -0.2) is 22.0 Å². The number of aromatic nitrogens is 1. The lowest BCUT2D eigenvalue weighted by molar-refractivity contribution is -0.137. The highest BCUT2D eigenvalue weighted by atomic mass is 16.4. The molecule has 1 aromatic heterocycles. The van der Waals surface area contributed by atoms with Gasteiger partial charge in [-0.15, -0.1) is 0 Å². The molecule has 0 radical (unpaired) electrons. The van der Waals surface area contributed by atoms with Gasteiger partial charge in [-0.25, -0.2) is 0 Å². The van der Waals surface area contributed by atoms with Gasteiger partial charge in [-0.05, 0) is 48.6 Å². The molecule has 0 atom stereocenters. The first kappa shape index (κ1) is 18.4. The maximum absolute atomic E-state index is 11.4. The molecule has 1 amide bonds. The lowest BCUT2D eigenvalue weighted by Gasteiger charge is -2.13. The maximum Gasteiger partial charge on any atom is 0.303 e. The zero-order valence-corrected chi connectivity index (χ0v) is 14.5. The van der Waals surface area contributed by atoms with E-state index < -0.39 is 5.97 Å². The van der Waals surface area contributed by atoms with Crippen LogP contribution in [0.1, 0.15) is 42.9 Å². The first-order valence-corrected chi connectivity index (χ1v) is 8.18. The van der Waals surface area contributed by atoms with Gasteiger partial charge in [-0.2, -0.15) is 0 Å². The van der Waals surface area contributed by atoms with Crippen LogP contribution in [0.5, 0.6) is 0 Å². The molecule has 2 N–H and O–H groups in total. The van der Waals surface area contributed by atoms with E-state index in [1.165, 1.54) is 6.92 Å². The van der Waals surface area contributed by atoms with Crippen molar-refractivity contribution < 1.29 is 14.7 Å². The number of aryl methyl sites for hydroxylation is 1. The van der Waals surface area contributed by atoms with Gasteiger partial charge in [0.2, 0.25) is 5.91 Å². The zero-order chi connectivity index (χ0) is 18.2. The normalized spacial score (nSPS) is 11.2. The van der Waals surface area contributed by atoms with Gasteiger partial charge in [0, 0.05) is 37.0 Å². The van der Waals surface area contributed by atoms with Crippen LogP contribution in [0.3, 0.4) is 0 Å². The average molecular weight is 338 g/mol. The Kier molecular flexibility index (Phi) is 6.46. The maximum atomic E-state index is 11.4. The van der Waals surface area contributed by atoms with Gasteiger partial charge in [-0.3, -0.25) is 14.6 Å². The van der Waals surface area contributed by atoms with Gasteiger partial charge in [0.05, 0.1) is 0 Å². The molecule has 1 aromatic carbocycles. The Labute approximate surface area is 147 Å². The third kappa shape index (κ3) is 5.57. The second-order valence-electron chi connectivity index (χ2n) is 5.86. The van der Waals surface area contributed by atoms with Gasteiger partial charge in [0.25, 0.3) is 0 Å². The average Bonchev–Trinajstić information content (AvgIpc) is 2.57. The molecule has 0 spiro atoms. The van der Waals surface area contributed by atoms with E-state index in [-0.39, 0.29) is 12.3 Å². The Hall–Kier alpha value is -2.95. The number of benzene rings is 1. The lowest BCUT2D eigenvalue weighted by Crippen LogP contribution is -2.07. The zero-order valence-electron chi connectivity index (χ0n) is 14.5. The molecule has 5 nitrogen and oxygen atoms in total. The van der Waals surface area contributed by atoms with Crippen molar-refractivity contribution in [1.29, 1.82) is 0 Å².